The van der Waals surface area contributed by atoms with Crippen LogP contribution in [0.4, 0.5) is 5.69 Å². The number of rotatable bonds is 6. The monoisotopic (exact) mass is 259 g/mol. The minimum absolute atomic E-state index is 0.121. The van der Waals surface area contributed by atoms with Gasteiger partial charge in [-0.2, -0.15) is 0 Å². The number of carbonyl (C=O) groups excluding carboxylic acids is 1. The van der Waals surface area contributed by atoms with Crippen molar-refractivity contribution in [2.24, 2.45) is 0 Å². The summed E-state index contributed by atoms with van der Waals surface area (Å²) in [5, 5.41) is 6.10. The van der Waals surface area contributed by atoms with Crippen LogP contribution < -0.4 is 10.6 Å². The van der Waals surface area contributed by atoms with Crippen LogP contribution in [-0.2, 0) is 0 Å². The van der Waals surface area contributed by atoms with Crippen LogP contribution in [0.5, 0.6) is 0 Å². The third-order valence-corrected chi connectivity index (χ3v) is 3.24. The van der Waals surface area contributed by atoms with Crippen molar-refractivity contribution in [2.75, 3.05) is 18.4 Å². The number of hydrogen-bond acceptors (Lipinski definition) is 3. The van der Waals surface area contributed by atoms with Crippen molar-refractivity contribution in [1.82, 2.24) is 10.3 Å². The minimum atomic E-state index is -0.121. The Morgan fingerprint density at radius 1 is 1.47 bits per heavy atom. The second-order valence-electron chi connectivity index (χ2n) is 4.72. The van der Waals surface area contributed by atoms with Crippen molar-refractivity contribution < 1.29 is 4.79 Å². The minimum Gasteiger partial charge on any atom is -0.385 e. The van der Waals surface area contributed by atoms with E-state index in [0.717, 1.165) is 18.7 Å². The molecule has 0 saturated heterocycles. The summed E-state index contributed by atoms with van der Waals surface area (Å²) >= 11 is 0. The average molecular weight is 259 g/mol. The summed E-state index contributed by atoms with van der Waals surface area (Å²) in [5.74, 6) is -0.121. The van der Waals surface area contributed by atoms with E-state index in [-0.39, 0.29) is 5.91 Å². The predicted molar refractivity (Wildman–Crippen MR) is 77.3 cm³/mol. The first-order valence-corrected chi connectivity index (χ1v) is 6.95. The Labute approximate surface area is 114 Å². The zero-order chi connectivity index (χ0) is 13.5. The van der Waals surface area contributed by atoms with Crippen LogP contribution in [0, 0.1) is 0 Å². The van der Waals surface area contributed by atoms with Crippen molar-refractivity contribution in [3.05, 3.63) is 35.7 Å². The Morgan fingerprint density at radius 2 is 2.37 bits per heavy atom. The summed E-state index contributed by atoms with van der Waals surface area (Å²) in [6.45, 7) is 3.42. The standard InChI is InChI=1S/C15H21N3O/c1-2-16-15(19)14-11-13(8-10-18-14)17-9-7-12-5-3-4-6-12/h5,8,10-11H,2-4,6-7,9H2,1H3,(H,16,19)(H,17,18). The zero-order valence-electron chi connectivity index (χ0n) is 11.4. The molecule has 1 aromatic heterocycles. The Bertz CT molecular complexity index is 468. The lowest BCUT2D eigenvalue weighted by Gasteiger charge is -2.08. The summed E-state index contributed by atoms with van der Waals surface area (Å²) in [5.41, 5.74) is 2.97. The third-order valence-electron chi connectivity index (χ3n) is 3.24. The molecule has 1 aliphatic carbocycles. The molecule has 0 saturated carbocycles. The average Bonchev–Trinajstić information content (AvgIpc) is 2.93. The molecular formula is C15H21N3O. The third kappa shape index (κ3) is 4.09. The first-order chi connectivity index (χ1) is 9.29. The number of carbonyl (C=O) groups is 1. The fraction of sp³-hybridized carbons (Fsp3) is 0.467. The van der Waals surface area contributed by atoms with Crippen molar-refractivity contribution in [3.63, 3.8) is 0 Å². The van der Waals surface area contributed by atoms with Crippen molar-refractivity contribution in [3.8, 4) is 0 Å². The molecule has 1 aliphatic rings. The molecule has 2 N–H and O–H groups in total. The van der Waals surface area contributed by atoms with Gasteiger partial charge in [-0.05, 0) is 44.7 Å². The molecule has 4 nitrogen and oxygen atoms in total. The first-order valence-electron chi connectivity index (χ1n) is 6.95. The van der Waals surface area contributed by atoms with Crippen LogP contribution >= 0.6 is 0 Å². The van der Waals surface area contributed by atoms with Crippen LogP contribution in [0.2, 0.25) is 0 Å². The van der Waals surface area contributed by atoms with Gasteiger partial charge in [0.1, 0.15) is 5.69 Å². The van der Waals surface area contributed by atoms with Gasteiger partial charge >= 0.3 is 0 Å². The molecule has 1 amide bonds. The second-order valence-corrected chi connectivity index (χ2v) is 4.72. The molecule has 0 atom stereocenters. The molecule has 2 rings (SSSR count). The van der Waals surface area contributed by atoms with Crippen LogP contribution in [0.3, 0.4) is 0 Å². The largest absolute Gasteiger partial charge is 0.385 e. The number of nitrogens with one attached hydrogen (secondary N) is 2. The van der Waals surface area contributed by atoms with Crippen molar-refractivity contribution in [2.45, 2.75) is 32.6 Å². The van der Waals surface area contributed by atoms with E-state index >= 15 is 0 Å². The van der Waals surface area contributed by atoms with Crippen molar-refractivity contribution >= 4 is 11.6 Å². The highest BCUT2D eigenvalue weighted by Gasteiger charge is 2.07. The van der Waals surface area contributed by atoms with Gasteiger partial charge < -0.3 is 10.6 Å². The maximum atomic E-state index is 11.7. The highest BCUT2D eigenvalue weighted by molar-refractivity contribution is 5.93. The van der Waals surface area contributed by atoms with Gasteiger partial charge in [-0.1, -0.05) is 11.6 Å². The molecule has 0 spiro atoms. The van der Waals surface area contributed by atoms with E-state index in [1.807, 2.05) is 13.0 Å². The van der Waals surface area contributed by atoms with Gasteiger partial charge in [0.15, 0.2) is 0 Å². The summed E-state index contributed by atoms with van der Waals surface area (Å²) in [6.07, 6.45) is 8.86. The van der Waals surface area contributed by atoms with Gasteiger partial charge in [0.25, 0.3) is 5.91 Å². The maximum absolute atomic E-state index is 11.7. The molecule has 102 valence electrons. The molecule has 0 bridgehead atoms. The molecule has 4 heteroatoms. The molecule has 0 aromatic carbocycles. The highest BCUT2D eigenvalue weighted by atomic mass is 16.1. The van der Waals surface area contributed by atoms with Crippen molar-refractivity contribution in [1.29, 1.82) is 0 Å². The van der Waals surface area contributed by atoms with Crippen LogP contribution in [0.25, 0.3) is 0 Å². The highest BCUT2D eigenvalue weighted by Crippen LogP contribution is 2.20. The Balaban J connectivity index is 1.86. The Kier molecular flexibility index (Phi) is 4.95. The summed E-state index contributed by atoms with van der Waals surface area (Å²) in [7, 11) is 0. The number of amides is 1. The van der Waals surface area contributed by atoms with Crippen LogP contribution in [0.1, 0.15) is 43.1 Å². The van der Waals surface area contributed by atoms with Gasteiger partial charge in [-0.15, -0.1) is 0 Å². The van der Waals surface area contributed by atoms with Gasteiger partial charge in [0.2, 0.25) is 0 Å². The Morgan fingerprint density at radius 3 is 3.11 bits per heavy atom. The SMILES string of the molecule is CCNC(=O)c1cc(NCCC2=CCCC2)ccn1. The summed E-state index contributed by atoms with van der Waals surface area (Å²) < 4.78 is 0. The van der Waals surface area contributed by atoms with Crippen LogP contribution in [0.15, 0.2) is 30.0 Å². The number of anilines is 1. The van der Waals surface area contributed by atoms with Gasteiger partial charge in [-0.25, -0.2) is 0 Å². The van der Waals surface area contributed by atoms with Gasteiger partial charge in [-0.3, -0.25) is 9.78 Å². The normalized spacial score (nSPS) is 14.1. The van der Waals surface area contributed by atoms with E-state index in [1.165, 1.54) is 19.3 Å². The predicted octanol–water partition coefficient (Wildman–Crippen LogP) is 2.74. The molecule has 19 heavy (non-hydrogen) atoms. The molecule has 1 heterocycles. The van der Waals surface area contributed by atoms with E-state index in [9.17, 15) is 4.79 Å². The van der Waals surface area contributed by atoms with Crippen LogP contribution in [-0.4, -0.2) is 24.0 Å². The van der Waals surface area contributed by atoms with E-state index in [0.29, 0.717) is 12.2 Å². The van der Waals surface area contributed by atoms with E-state index in [1.54, 1.807) is 17.8 Å². The fourth-order valence-corrected chi connectivity index (χ4v) is 2.25. The smallest absolute Gasteiger partial charge is 0.269 e. The quantitative estimate of drug-likeness (QED) is 0.772. The lowest BCUT2D eigenvalue weighted by molar-refractivity contribution is 0.0951. The lowest BCUT2D eigenvalue weighted by Crippen LogP contribution is -2.23. The topological polar surface area (TPSA) is 54.0 Å². The fourth-order valence-electron chi connectivity index (χ4n) is 2.25. The molecule has 0 aliphatic heterocycles. The molecule has 0 fully saturated rings. The first kappa shape index (κ1) is 13.6. The number of aromatic nitrogens is 1. The number of nitrogens with zero attached hydrogens (tertiary/aromatic N) is 1. The van der Waals surface area contributed by atoms with E-state index < -0.39 is 0 Å². The number of pyridine rings is 1. The lowest BCUT2D eigenvalue weighted by atomic mass is 10.1. The summed E-state index contributed by atoms with van der Waals surface area (Å²) in [6, 6.07) is 3.69. The van der Waals surface area contributed by atoms with E-state index in [4.69, 9.17) is 0 Å². The second kappa shape index (κ2) is 6.92. The van der Waals surface area contributed by atoms with Gasteiger partial charge in [0.05, 0.1) is 0 Å². The van der Waals surface area contributed by atoms with E-state index in [2.05, 4.69) is 21.7 Å². The zero-order valence-corrected chi connectivity index (χ0v) is 11.4. The maximum Gasteiger partial charge on any atom is 0.269 e. The molecule has 0 radical (unpaired) electrons. The summed E-state index contributed by atoms with van der Waals surface area (Å²) in [4.78, 5) is 15.7. The molecule has 0 unspecified atom stereocenters. The number of hydrogen-bond donors (Lipinski definition) is 2. The number of allylic oxidation sites excluding steroid dienone is 1. The molecule has 1 aromatic rings. The van der Waals surface area contributed by atoms with Gasteiger partial charge in [0, 0.05) is 25.0 Å². The Hall–Kier alpha value is -1.84. The molecular weight excluding hydrogens is 238 g/mol.